The van der Waals surface area contributed by atoms with E-state index < -0.39 is 0 Å². The number of halogens is 1. The Balaban J connectivity index is 1.40. The quantitative estimate of drug-likeness (QED) is 0.616. The third-order valence-corrected chi connectivity index (χ3v) is 5.50. The van der Waals surface area contributed by atoms with Crippen molar-refractivity contribution < 1.29 is 9.53 Å². The van der Waals surface area contributed by atoms with E-state index in [0.29, 0.717) is 24.7 Å². The largest absolute Gasteiger partial charge is 0.473 e. The van der Waals surface area contributed by atoms with Crippen LogP contribution in [0.3, 0.4) is 0 Å². The Morgan fingerprint density at radius 2 is 1.89 bits per heavy atom. The van der Waals surface area contributed by atoms with Crippen LogP contribution in [0.4, 0.5) is 0 Å². The van der Waals surface area contributed by atoms with Crippen molar-refractivity contribution in [2.24, 2.45) is 7.05 Å². The molecule has 3 heterocycles. The number of hydrogen-bond acceptors (Lipinski definition) is 4. The van der Waals surface area contributed by atoms with Crippen molar-refractivity contribution in [3.8, 4) is 17.1 Å². The molecular formula is C21H21BrN4O2. The van der Waals surface area contributed by atoms with E-state index in [-0.39, 0.29) is 12.0 Å². The van der Waals surface area contributed by atoms with Crippen molar-refractivity contribution >= 4 is 21.8 Å². The third-order valence-electron chi connectivity index (χ3n) is 4.90. The number of carbonyl (C=O) groups excluding carboxylic acids is 1. The third kappa shape index (κ3) is 3.94. The zero-order chi connectivity index (χ0) is 19.5. The van der Waals surface area contributed by atoms with E-state index in [1.165, 1.54) is 0 Å². The average Bonchev–Trinajstić information content (AvgIpc) is 3.12. The van der Waals surface area contributed by atoms with Crippen LogP contribution in [0.25, 0.3) is 11.3 Å². The molecule has 28 heavy (non-hydrogen) atoms. The second-order valence-electron chi connectivity index (χ2n) is 6.80. The molecule has 0 aliphatic carbocycles. The first-order valence-corrected chi connectivity index (χ1v) is 10.1. The number of aromatic nitrogens is 3. The Labute approximate surface area is 172 Å². The predicted octanol–water partition coefficient (Wildman–Crippen LogP) is 3.93. The Morgan fingerprint density at radius 3 is 2.61 bits per heavy atom. The van der Waals surface area contributed by atoms with Gasteiger partial charge in [-0.15, -0.1) is 0 Å². The van der Waals surface area contributed by atoms with E-state index in [2.05, 4.69) is 26.0 Å². The van der Waals surface area contributed by atoms with E-state index in [4.69, 9.17) is 4.74 Å². The molecule has 1 fully saturated rings. The lowest BCUT2D eigenvalue weighted by atomic mass is 10.1. The van der Waals surface area contributed by atoms with E-state index in [9.17, 15) is 4.79 Å². The minimum atomic E-state index is 0.00893. The van der Waals surface area contributed by atoms with Crippen molar-refractivity contribution in [2.75, 3.05) is 13.1 Å². The van der Waals surface area contributed by atoms with Crippen molar-refractivity contribution in [1.29, 1.82) is 0 Å². The first-order valence-electron chi connectivity index (χ1n) is 9.28. The van der Waals surface area contributed by atoms with Gasteiger partial charge in [0.05, 0.1) is 10.2 Å². The second kappa shape index (κ2) is 8.14. The van der Waals surface area contributed by atoms with Crippen molar-refractivity contribution in [3.05, 3.63) is 64.9 Å². The number of carbonyl (C=O) groups is 1. The highest BCUT2D eigenvalue weighted by Gasteiger charge is 2.27. The maximum Gasteiger partial charge on any atom is 0.272 e. The average molecular weight is 441 g/mol. The molecule has 0 radical (unpaired) electrons. The molecule has 0 atom stereocenters. The van der Waals surface area contributed by atoms with Gasteiger partial charge in [-0.1, -0.05) is 30.3 Å². The highest BCUT2D eigenvalue weighted by Crippen LogP contribution is 2.26. The summed E-state index contributed by atoms with van der Waals surface area (Å²) in [6.45, 7) is 1.31. The molecule has 0 spiro atoms. The molecule has 0 saturated carbocycles. The number of ether oxygens (including phenoxy) is 1. The summed E-state index contributed by atoms with van der Waals surface area (Å²) in [6.07, 6.45) is 3.32. The molecule has 1 amide bonds. The molecule has 6 nitrogen and oxygen atoms in total. The van der Waals surface area contributed by atoms with Crippen LogP contribution in [-0.2, 0) is 7.05 Å². The molecule has 1 saturated heterocycles. The summed E-state index contributed by atoms with van der Waals surface area (Å²) in [4.78, 5) is 19.1. The minimum Gasteiger partial charge on any atom is -0.473 e. The van der Waals surface area contributed by atoms with Crippen LogP contribution in [0, 0.1) is 0 Å². The summed E-state index contributed by atoms with van der Waals surface area (Å²) >= 11 is 3.46. The van der Waals surface area contributed by atoms with E-state index >= 15 is 0 Å². The van der Waals surface area contributed by atoms with Crippen molar-refractivity contribution in [2.45, 2.75) is 18.9 Å². The van der Waals surface area contributed by atoms with E-state index in [1.807, 2.05) is 60.5 Å². The molecule has 4 rings (SSSR count). The van der Waals surface area contributed by atoms with Crippen LogP contribution in [0.1, 0.15) is 23.3 Å². The van der Waals surface area contributed by atoms with Crippen molar-refractivity contribution in [1.82, 2.24) is 19.7 Å². The Hall–Kier alpha value is -2.67. The van der Waals surface area contributed by atoms with Gasteiger partial charge in [-0.2, -0.15) is 5.10 Å². The molecule has 1 aliphatic rings. The Kier molecular flexibility index (Phi) is 5.43. The standard InChI is InChI=1S/C21H21BrN4O2/c1-25-19(14-18(24-25)15-6-3-2-4-7-15)21(27)26-12-9-16(10-13-26)28-20-17(22)8-5-11-23-20/h2-8,11,14,16H,9-10,12-13H2,1H3. The summed E-state index contributed by atoms with van der Waals surface area (Å²) in [5.41, 5.74) is 2.42. The number of likely N-dealkylation sites (tertiary alicyclic amines) is 1. The number of nitrogens with zero attached hydrogens (tertiary/aromatic N) is 4. The molecule has 0 N–H and O–H groups in total. The summed E-state index contributed by atoms with van der Waals surface area (Å²) in [5, 5.41) is 4.51. The van der Waals surface area contributed by atoms with Crippen LogP contribution in [0.5, 0.6) is 5.88 Å². The molecule has 2 aromatic heterocycles. The Morgan fingerprint density at radius 1 is 1.14 bits per heavy atom. The van der Waals surface area contributed by atoms with Gasteiger partial charge in [0.2, 0.25) is 5.88 Å². The monoisotopic (exact) mass is 440 g/mol. The first kappa shape index (κ1) is 18.7. The zero-order valence-corrected chi connectivity index (χ0v) is 17.2. The number of hydrogen-bond donors (Lipinski definition) is 0. The van der Waals surface area contributed by atoms with E-state index in [1.54, 1.807) is 10.9 Å². The fourth-order valence-corrected chi connectivity index (χ4v) is 3.72. The van der Waals surface area contributed by atoms with Crippen LogP contribution in [0.2, 0.25) is 0 Å². The fourth-order valence-electron chi connectivity index (χ4n) is 3.37. The van der Waals surface area contributed by atoms with Gasteiger partial charge in [-0.3, -0.25) is 9.48 Å². The second-order valence-corrected chi connectivity index (χ2v) is 7.66. The van der Waals surface area contributed by atoms with Crippen molar-refractivity contribution in [3.63, 3.8) is 0 Å². The topological polar surface area (TPSA) is 60.2 Å². The highest BCUT2D eigenvalue weighted by molar-refractivity contribution is 9.10. The normalized spacial score (nSPS) is 14.9. The number of amides is 1. The van der Waals surface area contributed by atoms with Crippen LogP contribution < -0.4 is 4.74 Å². The van der Waals surface area contributed by atoms with Gasteiger partial charge >= 0.3 is 0 Å². The molecule has 1 aromatic carbocycles. The fraction of sp³-hybridized carbons (Fsp3) is 0.286. The lowest BCUT2D eigenvalue weighted by Gasteiger charge is -2.32. The number of aryl methyl sites for hydroxylation is 1. The van der Waals surface area contributed by atoms with Gasteiger partial charge in [-0.05, 0) is 34.1 Å². The maximum absolute atomic E-state index is 13.0. The lowest BCUT2D eigenvalue weighted by molar-refractivity contribution is 0.0576. The lowest BCUT2D eigenvalue weighted by Crippen LogP contribution is -2.42. The molecule has 3 aromatic rings. The van der Waals surface area contributed by atoms with Crippen LogP contribution in [0.15, 0.2) is 59.2 Å². The number of benzene rings is 1. The van der Waals surface area contributed by atoms with Gasteiger partial charge in [0.1, 0.15) is 11.8 Å². The summed E-state index contributed by atoms with van der Waals surface area (Å²) in [7, 11) is 1.81. The summed E-state index contributed by atoms with van der Waals surface area (Å²) in [6, 6.07) is 15.5. The van der Waals surface area contributed by atoms with Gasteiger partial charge in [0, 0.05) is 44.7 Å². The van der Waals surface area contributed by atoms with Gasteiger partial charge in [0.15, 0.2) is 0 Å². The van der Waals surface area contributed by atoms with Gasteiger partial charge in [-0.25, -0.2) is 4.98 Å². The van der Waals surface area contributed by atoms with Crippen LogP contribution in [-0.4, -0.2) is 44.8 Å². The smallest absolute Gasteiger partial charge is 0.272 e. The minimum absolute atomic E-state index is 0.00893. The number of pyridine rings is 1. The summed E-state index contributed by atoms with van der Waals surface area (Å²) in [5.74, 6) is 0.612. The molecular weight excluding hydrogens is 420 g/mol. The number of rotatable bonds is 4. The van der Waals surface area contributed by atoms with E-state index in [0.717, 1.165) is 28.6 Å². The predicted molar refractivity (Wildman–Crippen MR) is 110 cm³/mol. The molecule has 0 bridgehead atoms. The molecule has 7 heteroatoms. The zero-order valence-electron chi connectivity index (χ0n) is 15.6. The SMILES string of the molecule is Cn1nc(-c2ccccc2)cc1C(=O)N1CCC(Oc2ncccc2Br)CC1. The summed E-state index contributed by atoms with van der Waals surface area (Å²) < 4.78 is 8.50. The highest BCUT2D eigenvalue weighted by atomic mass is 79.9. The maximum atomic E-state index is 13.0. The first-order chi connectivity index (χ1) is 13.6. The number of piperidine rings is 1. The molecule has 1 aliphatic heterocycles. The van der Waals surface area contributed by atoms with Gasteiger partial charge in [0.25, 0.3) is 5.91 Å². The molecule has 0 unspecified atom stereocenters. The van der Waals surface area contributed by atoms with Gasteiger partial charge < -0.3 is 9.64 Å². The Bertz CT molecular complexity index is 966. The van der Waals surface area contributed by atoms with Crippen LogP contribution >= 0.6 is 15.9 Å². The molecule has 144 valence electrons.